The first-order valence-corrected chi connectivity index (χ1v) is 5.55. The summed E-state index contributed by atoms with van der Waals surface area (Å²) in [4.78, 5) is 12.0. The Bertz CT molecular complexity index is 556. The van der Waals surface area contributed by atoms with Gasteiger partial charge < -0.3 is 15.6 Å². The highest BCUT2D eigenvalue weighted by Crippen LogP contribution is 2.10. The summed E-state index contributed by atoms with van der Waals surface area (Å²) in [7, 11) is 1.81. The van der Waals surface area contributed by atoms with E-state index < -0.39 is 0 Å². The molecule has 1 amide bonds. The molecule has 18 heavy (non-hydrogen) atoms. The topological polar surface area (TPSA) is 104 Å². The van der Waals surface area contributed by atoms with Gasteiger partial charge in [-0.05, 0) is 6.92 Å². The molecule has 0 atom stereocenters. The second-order valence-electron chi connectivity index (χ2n) is 3.81. The molecule has 8 heteroatoms. The van der Waals surface area contributed by atoms with Gasteiger partial charge in [0.15, 0.2) is 5.82 Å². The van der Waals surface area contributed by atoms with Crippen LogP contribution >= 0.6 is 0 Å². The molecule has 0 unspecified atom stereocenters. The molecule has 0 aliphatic heterocycles. The number of aromatic nitrogens is 5. The second-order valence-corrected chi connectivity index (χ2v) is 3.81. The number of aryl methyl sites for hydroxylation is 2. The lowest BCUT2D eigenvalue weighted by Crippen LogP contribution is -2.27. The second kappa shape index (κ2) is 4.86. The van der Waals surface area contributed by atoms with E-state index in [4.69, 9.17) is 5.73 Å². The van der Waals surface area contributed by atoms with E-state index >= 15 is 0 Å². The molecule has 0 fully saturated rings. The molecular formula is C10H15N7O. The normalized spacial score (nSPS) is 10.6. The molecule has 2 heterocycles. The van der Waals surface area contributed by atoms with Gasteiger partial charge in [0.05, 0.1) is 18.4 Å². The van der Waals surface area contributed by atoms with Crippen LogP contribution in [0, 0.1) is 0 Å². The minimum absolute atomic E-state index is 0.269. The summed E-state index contributed by atoms with van der Waals surface area (Å²) in [6, 6.07) is 0. The van der Waals surface area contributed by atoms with Crippen molar-refractivity contribution in [2.45, 2.75) is 20.0 Å². The molecule has 2 aromatic rings. The van der Waals surface area contributed by atoms with E-state index in [1.165, 1.54) is 6.20 Å². The van der Waals surface area contributed by atoms with Gasteiger partial charge in [-0.2, -0.15) is 5.10 Å². The molecule has 0 spiro atoms. The van der Waals surface area contributed by atoms with Crippen LogP contribution in [0.15, 0.2) is 12.5 Å². The van der Waals surface area contributed by atoms with Gasteiger partial charge in [-0.15, -0.1) is 10.2 Å². The van der Waals surface area contributed by atoms with E-state index in [9.17, 15) is 4.79 Å². The molecule has 0 aliphatic carbocycles. The van der Waals surface area contributed by atoms with Crippen molar-refractivity contribution in [3.8, 4) is 0 Å². The molecule has 0 radical (unpaired) electrons. The Hall–Kier alpha value is -2.38. The van der Waals surface area contributed by atoms with Gasteiger partial charge in [0.25, 0.3) is 5.91 Å². The lowest BCUT2D eigenvalue weighted by molar-refractivity contribution is 0.0940. The number of rotatable bonds is 4. The SMILES string of the molecule is CCn1ncc(N)c1C(=O)NCc1nncn1C. The van der Waals surface area contributed by atoms with Crippen LogP contribution in [0.3, 0.4) is 0 Å². The van der Waals surface area contributed by atoms with Crippen LogP contribution < -0.4 is 11.1 Å². The number of amides is 1. The third-order valence-corrected chi connectivity index (χ3v) is 2.59. The van der Waals surface area contributed by atoms with Crippen molar-refractivity contribution in [2.75, 3.05) is 5.73 Å². The first kappa shape index (κ1) is 12.1. The molecule has 96 valence electrons. The summed E-state index contributed by atoms with van der Waals surface area (Å²) in [5.74, 6) is 0.402. The lowest BCUT2D eigenvalue weighted by Gasteiger charge is -2.07. The van der Waals surface area contributed by atoms with Crippen molar-refractivity contribution < 1.29 is 4.79 Å². The molecule has 2 aromatic heterocycles. The maximum absolute atomic E-state index is 12.0. The van der Waals surface area contributed by atoms with E-state index in [1.54, 1.807) is 15.6 Å². The van der Waals surface area contributed by atoms with E-state index in [1.807, 2.05) is 14.0 Å². The summed E-state index contributed by atoms with van der Waals surface area (Å²) in [5.41, 5.74) is 6.46. The van der Waals surface area contributed by atoms with Gasteiger partial charge in [-0.3, -0.25) is 9.48 Å². The number of nitrogens with zero attached hydrogens (tertiary/aromatic N) is 5. The summed E-state index contributed by atoms with van der Waals surface area (Å²) in [6.07, 6.45) is 3.05. The summed E-state index contributed by atoms with van der Waals surface area (Å²) in [6.45, 7) is 2.78. The Morgan fingerprint density at radius 1 is 1.56 bits per heavy atom. The van der Waals surface area contributed by atoms with E-state index in [2.05, 4.69) is 20.6 Å². The highest BCUT2D eigenvalue weighted by atomic mass is 16.2. The van der Waals surface area contributed by atoms with Crippen molar-refractivity contribution >= 4 is 11.6 Å². The Morgan fingerprint density at radius 2 is 2.33 bits per heavy atom. The maximum atomic E-state index is 12.0. The van der Waals surface area contributed by atoms with Crippen LogP contribution in [0.5, 0.6) is 0 Å². The number of carbonyl (C=O) groups excluding carboxylic acids is 1. The molecule has 0 aromatic carbocycles. The quantitative estimate of drug-likeness (QED) is 0.763. The van der Waals surface area contributed by atoms with Crippen molar-refractivity contribution in [3.63, 3.8) is 0 Å². The molecule has 0 saturated carbocycles. The summed E-state index contributed by atoms with van der Waals surface area (Å²) in [5, 5.41) is 14.4. The predicted octanol–water partition coefficient (Wildman–Crippen LogP) is -0.456. The number of hydrogen-bond acceptors (Lipinski definition) is 5. The van der Waals surface area contributed by atoms with E-state index in [0.29, 0.717) is 30.3 Å². The van der Waals surface area contributed by atoms with Crippen LogP contribution in [-0.2, 0) is 20.1 Å². The standard InChI is InChI=1S/C10H15N7O/c1-3-17-9(7(11)4-14-17)10(18)12-5-8-15-13-6-16(8)2/h4,6H,3,5,11H2,1-2H3,(H,12,18). The summed E-state index contributed by atoms with van der Waals surface area (Å²) >= 11 is 0. The van der Waals surface area contributed by atoms with Gasteiger partial charge >= 0.3 is 0 Å². The molecule has 0 bridgehead atoms. The number of anilines is 1. The van der Waals surface area contributed by atoms with Crippen molar-refractivity contribution in [1.82, 2.24) is 29.9 Å². The Labute approximate surface area is 104 Å². The van der Waals surface area contributed by atoms with Crippen LogP contribution in [-0.4, -0.2) is 30.5 Å². The average Bonchev–Trinajstić information content (AvgIpc) is 2.92. The van der Waals surface area contributed by atoms with Crippen LogP contribution in [0.4, 0.5) is 5.69 Å². The van der Waals surface area contributed by atoms with E-state index in [0.717, 1.165) is 0 Å². The lowest BCUT2D eigenvalue weighted by atomic mass is 10.3. The molecular weight excluding hydrogens is 234 g/mol. The van der Waals surface area contributed by atoms with E-state index in [-0.39, 0.29) is 5.91 Å². The highest BCUT2D eigenvalue weighted by Gasteiger charge is 2.16. The third kappa shape index (κ3) is 2.17. The van der Waals surface area contributed by atoms with Crippen molar-refractivity contribution in [3.05, 3.63) is 24.0 Å². The minimum Gasteiger partial charge on any atom is -0.396 e. The fourth-order valence-corrected chi connectivity index (χ4v) is 1.60. The largest absolute Gasteiger partial charge is 0.396 e. The fourth-order valence-electron chi connectivity index (χ4n) is 1.60. The zero-order valence-corrected chi connectivity index (χ0v) is 10.3. The molecule has 8 nitrogen and oxygen atoms in total. The zero-order valence-electron chi connectivity index (χ0n) is 10.3. The zero-order chi connectivity index (χ0) is 13.1. The molecule has 3 N–H and O–H groups in total. The molecule has 0 saturated heterocycles. The van der Waals surface area contributed by atoms with Gasteiger partial charge in [-0.25, -0.2) is 0 Å². The number of nitrogens with one attached hydrogen (secondary N) is 1. The highest BCUT2D eigenvalue weighted by molar-refractivity contribution is 5.97. The average molecular weight is 249 g/mol. The van der Waals surface area contributed by atoms with Gasteiger partial charge in [0.2, 0.25) is 0 Å². The first-order valence-electron chi connectivity index (χ1n) is 5.55. The fraction of sp³-hybridized carbons (Fsp3) is 0.400. The monoisotopic (exact) mass is 249 g/mol. The number of hydrogen-bond donors (Lipinski definition) is 2. The van der Waals surface area contributed by atoms with Gasteiger partial charge in [-0.1, -0.05) is 0 Å². The minimum atomic E-state index is -0.269. The van der Waals surface area contributed by atoms with Crippen LogP contribution in [0.25, 0.3) is 0 Å². The van der Waals surface area contributed by atoms with Crippen molar-refractivity contribution in [2.24, 2.45) is 7.05 Å². The smallest absolute Gasteiger partial charge is 0.272 e. The third-order valence-electron chi connectivity index (χ3n) is 2.59. The van der Waals surface area contributed by atoms with Gasteiger partial charge in [0, 0.05) is 13.6 Å². The van der Waals surface area contributed by atoms with Crippen LogP contribution in [0.2, 0.25) is 0 Å². The first-order chi connectivity index (χ1) is 8.63. The Morgan fingerprint density at radius 3 is 2.94 bits per heavy atom. The Balaban J connectivity index is 2.08. The van der Waals surface area contributed by atoms with Crippen LogP contribution in [0.1, 0.15) is 23.2 Å². The summed E-state index contributed by atoms with van der Waals surface area (Å²) < 4.78 is 3.29. The Kier molecular flexibility index (Phi) is 3.26. The predicted molar refractivity (Wildman–Crippen MR) is 64.5 cm³/mol. The maximum Gasteiger partial charge on any atom is 0.272 e. The number of carbonyl (C=O) groups is 1. The van der Waals surface area contributed by atoms with Crippen molar-refractivity contribution in [1.29, 1.82) is 0 Å². The molecule has 2 rings (SSSR count). The van der Waals surface area contributed by atoms with Gasteiger partial charge in [0.1, 0.15) is 12.0 Å². The number of nitrogens with two attached hydrogens (primary N) is 1. The molecule has 0 aliphatic rings. The number of nitrogen functional groups attached to an aromatic ring is 1.